The summed E-state index contributed by atoms with van der Waals surface area (Å²) in [6, 6.07) is 27.7. The van der Waals surface area contributed by atoms with Gasteiger partial charge in [-0.2, -0.15) is 0 Å². The molecule has 1 aromatic heterocycles. The average Bonchev–Trinajstić information content (AvgIpc) is 3.06. The maximum Gasteiger partial charge on any atom is 0.340 e. The maximum atomic E-state index is 13.6. The highest BCUT2D eigenvalue weighted by Gasteiger charge is 2.29. The molecule has 0 bridgehead atoms. The summed E-state index contributed by atoms with van der Waals surface area (Å²) in [5.41, 5.74) is 4.64. The second-order valence-corrected chi connectivity index (χ2v) is 10.8. The van der Waals surface area contributed by atoms with Crippen LogP contribution >= 0.6 is 0 Å². The number of hydrogen-bond donors (Lipinski definition) is 0. The minimum Gasteiger partial charge on any atom is -0.465 e. The fourth-order valence-corrected chi connectivity index (χ4v) is 5.93. The first kappa shape index (κ1) is 30.7. The van der Waals surface area contributed by atoms with Crippen molar-refractivity contribution < 1.29 is 19.1 Å². The van der Waals surface area contributed by atoms with E-state index in [1.54, 1.807) is 32.0 Å². The van der Waals surface area contributed by atoms with Crippen molar-refractivity contribution in [3.8, 4) is 11.1 Å². The fraction of sp³-hybridized carbons (Fsp3) is 0.286. The predicted molar refractivity (Wildman–Crippen MR) is 169 cm³/mol. The zero-order valence-corrected chi connectivity index (χ0v) is 25.2. The molecule has 0 aliphatic carbocycles. The number of rotatable bonds is 10. The quantitative estimate of drug-likeness (QED) is 0.161. The molecule has 4 aromatic rings. The van der Waals surface area contributed by atoms with Crippen molar-refractivity contribution in [2.24, 2.45) is 5.18 Å². The van der Waals surface area contributed by atoms with Crippen LogP contribution in [0.4, 0.5) is 5.69 Å². The molecule has 1 saturated heterocycles. The first-order chi connectivity index (χ1) is 21.4. The summed E-state index contributed by atoms with van der Waals surface area (Å²) in [6.07, 6.45) is 0. The summed E-state index contributed by atoms with van der Waals surface area (Å²) in [6.45, 7) is 7.54. The monoisotopic (exact) mass is 592 g/mol. The van der Waals surface area contributed by atoms with E-state index in [-0.39, 0.29) is 29.5 Å². The summed E-state index contributed by atoms with van der Waals surface area (Å²) >= 11 is 0. The highest BCUT2D eigenvalue weighted by molar-refractivity contribution is 6.07. The Labute approximate surface area is 257 Å². The van der Waals surface area contributed by atoms with Crippen LogP contribution in [-0.2, 0) is 9.47 Å². The molecule has 5 rings (SSSR count). The minimum absolute atomic E-state index is 0.149. The zero-order chi connectivity index (χ0) is 31.1. The highest BCUT2D eigenvalue weighted by atomic mass is 16.5. The fourth-order valence-electron chi connectivity index (χ4n) is 5.93. The van der Waals surface area contributed by atoms with E-state index in [1.165, 1.54) is 24.3 Å². The number of piperazine rings is 1. The standard InChI is InChI=1S/C35H36N4O5/c1-24-30(34(40)43-3)32(28-15-10-16-29(23-28)37-42)31(25(2)36-24)35(41)44-22-21-38-17-19-39(20-18-38)33(26-11-6-4-7-12-26)27-13-8-5-9-14-27/h4-16,23,33H,17-22H2,1-3H3. The molecule has 1 aliphatic heterocycles. The van der Waals surface area contributed by atoms with Crippen LogP contribution in [0.25, 0.3) is 11.1 Å². The van der Waals surface area contributed by atoms with E-state index in [1.807, 2.05) is 12.1 Å². The second-order valence-electron chi connectivity index (χ2n) is 10.8. The van der Waals surface area contributed by atoms with Crippen molar-refractivity contribution in [2.45, 2.75) is 19.9 Å². The van der Waals surface area contributed by atoms with Gasteiger partial charge in [-0.15, -0.1) is 4.91 Å². The lowest BCUT2D eigenvalue weighted by molar-refractivity contribution is 0.0407. The van der Waals surface area contributed by atoms with Crippen molar-refractivity contribution in [3.63, 3.8) is 0 Å². The Morgan fingerprint density at radius 3 is 1.98 bits per heavy atom. The van der Waals surface area contributed by atoms with Crippen LogP contribution in [0.15, 0.2) is 90.1 Å². The molecule has 1 fully saturated rings. The number of esters is 2. The van der Waals surface area contributed by atoms with Gasteiger partial charge in [0.05, 0.1) is 35.7 Å². The van der Waals surface area contributed by atoms with Crippen molar-refractivity contribution in [1.82, 2.24) is 14.8 Å². The number of pyridine rings is 1. The molecule has 0 amide bonds. The van der Waals surface area contributed by atoms with Crippen LogP contribution in [0.1, 0.15) is 49.3 Å². The van der Waals surface area contributed by atoms with Crippen LogP contribution in [0.2, 0.25) is 0 Å². The smallest absolute Gasteiger partial charge is 0.340 e. The van der Waals surface area contributed by atoms with E-state index in [0.29, 0.717) is 29.1 Å². The first-order valence-electron chi connectivity index (χ1n) is 14.7. The largest absolute Gasteiger partial charge is 0.465 e. The molecule has 1 aliphatic rings. The van der Waals surface area contributed by atoms with Crippen molar-refractivity contribution in [1.29, 1.82) is 0 Å². The van der Waals surface area contributed by atoms with Gasteiger partial charge in [-0.3, -0.25) is 14.8 Å². The summed E-state index contributed by atoms with van der Waals surface area (Å²) in [7, 11) is 1.27. The Kier molecular flexibility index (Phi) is 9.89. The second kappa shape index (κ2) is 14.2. The third-order valence-electron chi connectivity index (χ3n) is 8.04. The molecule has 0 saturated carbocycles. The number of nitrogens with zero attached hydrogens (tertiary/aromatic N) is 4. The predicted octanol–water partition coefficient (Wildman–Crippen LogP) is 6.11. The topological polar surface area (TPSA) is 101 Å². The Balaban J connectivity index is 1.29. The van der Waals surface area contributed by atoms with E-state index in [2.05, 4.69) is 68.5 Å². The molecule has 0 spiro atoms. The lowest BCUT2D eigenvalue weighted by atomic mass is 9.92. The molecule has 0 radical (unpaired) electrons. The third kappa shape index (κ3) is 6.74. The van der Waals surface area contributed by atoms with E-state index >= 15 is 0 Å². The molecule has 0 atom stereocenters. The average molecular weight is 593 g/mol. The van der Waals surface area contributed by atoms with Crippen molar-refractivity contribution in [3.05, 3.63) is 123 Å². The Bertz CT molecular complexity index is 1580. The van der Waals surface area contributed by atoms with Crippen LogP contribution in [-0.4, -0.2) is 73.2 Å². The number of benzene rings is 3. The molecule has 226 valence electrons. The lowest BCUT2D eigenvalue weighted by Crippen LogP contribution is -2.48. The Morgan fingerprint density at radius 1 is 0.818 bits per heavy atom. The highest BCUT2D eigenvalue weighted by Crippen LogP contribution is 2.34. The number of hydrogen-bond acceptors (Lipinski definition) is 9. The number of carbonyl (C=O) groups is 2. The molecular formula is C35H36N4O5. The van der Waals surface area contributed by atoms with E-state index in [4.69, 9.17) is 9.47 Å². The number of carbonyl (C=O) groups excluding carboxylic acids is 2. The third-order valence-corrected chi connectivity index (χ3v) is 8.04. The van der Waals surface area contributed by atoms with Crippen LogP contribution in [0.3, 0.4) is 0 Å². The summed E-state index contributed by atoms with van der Waals surface area (Å²) < 4.78 is 10.8. The van der Waals surface area contributed by atoms with E-state index < -0.39 is 11.9 Å². The molecule has 2 heterocycles. The van der Waals surface area contributed by atoms with Gasteiger partial charge in [-0.1, -0.05) is 72.8 Å². The molecule has 9 heteroatoms. The van der Waals surface area contributed by atoms with Gasteiger partial charge in [-0.25, -0.2) is 9.59 Å². The molecule has 0 N–H and O–H groups in total. The van der Waals surface area contributed by atoms with E-state index in [0.717, 1.165) is 26.2 Å². The number of ether oxygens (including phenoxy) is 2. The van der Waals surface area contributed by atoms with Gasteiger partial charge in [0.1, 0.15) is 12.3 Å². The number of nitroso groups, excluding NO2 is 1. The maximum absolute atomic E-state index is 13.6. The van der Waals surface area contributed by atoms with Crippen LogP contribution in [0.5, 0.6) is 0 Å². The molecule has 9 nitrogen and oxygen atoms in total. The summed E-state index contributed by atoms with van der Waals surface area (Å²) in [5.74, 6) is -1.22. The molecule has 44 heavy (non-hydrogen) atoms. The number of methoxy groups -OCH3 is 1. The SMILES string of the molecule is COC(=O)c1c(C)nc(C)c(C(=O)OCCN2CCN(C(c3ccccc3)c3ccccc3)CC2)c1-c1cccc(N=O)c1. The first-order valence-corrected chi connectivity index (χ1v) is 14.7. The molecule has 0 unspecified atom stereocenters. The molecule has 3 aromatic carbocycles. The van der Waals surface area contributed by atoms with Gasteiger partial charge in [0.25, 0.3) is 0 Å². The van der Waals surface area contributed by atoms with Crippen molar-refractivity contribution >= 4 is 17.6 Å². The van der Waals surface area contributed by atoms with Gasteiger partial charge in [-0.05, 0) is 47.8 Å². The van der Waals surface area contributed by atoms with E-state index in [9.17, 15) is 14.5 Å². The van der Waals surface area contributed by atoms with Gasteiger partial charge in [0.2, 0.25) is 0 Å². The molecular weight excluding hydrogens is 556 g/mol. The van der Waals surface area contributed by atoms with Gasteiger partial charge in [0, 0.05) is 38.3 Å². The normalized spacial score (nSPS) is 13.9. The Hall–Kier alpha value is -4.73. The Morgan fingerprint density at radius 2 is 1.41 bits per heavy atom. The minimum atomic E-state index is -0.634. The van der Waals surface area contributed by atoms with Gasteiger partial charge >= 0.3 is 11.9 Å². The van der Waals surface area contributed by atoms with Crippen LogP contribution < -0.4 is 0 Å². The zero-order valence-electron chi connectivity index (χ0n) is 25.2. The summed E-state index contributed by atoms with van der Waals surface area (Å²) in [4.78, 5) is 46.9. The van der Waals surface area contributed by atoms with Crippen LogP contribution in [0, 0.1) is 18.8 Å². The van der Waals surface area contributed by atoms with Crippen molar-refractivity contribution in [2.75, 3.05) is 46.4 Å². The van der Waals surface area contributed by atoms with Gasteiger partial charge in [0.15, 0.2) is 0 Å². The van der Waals surface area contributed by atoms with Gasteiger partial charge < -0.3 is 9.47 Å². The summed E-state index contributed by atoms with van der Waals surface area (Å²) in [5, 5.41) is 3.02. The number of aryl methyl sites for hydroxylation is 2. The lowest BCUT2D eigenvalue weighted by Gasteiger charge is -2.39. The number of aromatic nitrogens is 1.